The average molecular weight is 359 g/mol. The summed E-state index contributed by atoms with van der Waals surface area (Å²) in [6.07, 6.45) is 0. The number of amides is 1. The minimum Gasteiger partial charge on any atom is -0.497 e. The zero-order chi connectivity index (χ0) is 19.3. The van der Waals surface area contributed by atoms with Crippen LogP contribution >= 0.6 is 0 Å². The molecule has 1 amide bonds. The van der Waals surface area contributed by atoms with Crippen LogP contribution in [0.3, 0.4) is 0 Å². The second-order valence-electron chi connectivity index (χ2n) is 5.75. The Kier molecular flexibility index (Phi) is 6.00. The zero-order valence-electron chi connectivity index (χ0n) is 15.1. The Bertz CT molecular complexity index is 800. The molecule has 0 aliphatic heterocycles. The maximum Gasteiger partial charge on any atom is 0.292 e. The molecule has 138 valence electrons. The zero-order valence-corrected chi connectivity index (χ0v) is 15.1. The molecule has 1 N–H and O–H groups in total. The van der Waals surface area contributed by atoms with Crippen molar-refractivity contribution in [2.75, 3.05) is 38.0 Å². The van der Waals surface area contributed by atoms with Crippen LogP contribution in [0.25, 0.3) is 0 Å². The summed E-state index contributed by atoms with van der Waals surface area (Å²) in [6, 6.07) is 9.90. The molecule has 0 saturated carbocycles. The average Bonchev–Trinajstić information content (AvgIpc) is 2.60. The molecule has 0 aliphatic carbocycles. The predicted molar refractivity (Wildman–Crippen MR) is 99.3 cm³/mol. The van der Waals surface area contributed by atoms with E-state index in [2.05, 4.69) is 5.32 Å². The van der Waals surface area contributed by atoms with Crippen LogP contribution in [0.2, 0.25) is 0 Å². The normalized spacial score (nSPS) is 10.2. The Hall–Kier alpha value is -3.29. The van der Waals surface area contributed by atoms with Crippen LogP contribution in [0.5, 0.6) is 11.5 Å². The molecule has 0 unspecified atom stereocenters. The maximum absolute atomic E-state index is 12.3. The Morgan fingerprint density at radius 2 is 1.77 bits per heavy atom. The van der Waals surface area contributed by atoms with E-state index in [1.165, 1.54) is 25.2 Å². The molecular weight excluding hydrogens is 338 g/mol. The van der Waals surface area contributed by atoms with Crippen LogP contribution in [-0.2, 0) is 4.79 Å². The van der Waals surface area contributed by atoms with Gasteiger partial charge in [0.05, 0.1) is 25.7 Å². The molecule has 0 fully saturated rings. The number of aryl methyl sites for hydroxylation is 1. The van der Waals surface area contributed by atoms with E-state index < -0.39 is 4.92 Å². The largest absolute Gasteiger partial charge is 0.497 e. The van der Waals surface area contributed by atoms with E-state index in [1.54, 1.807) is 44.3 Å². The first-order chi connectivity index (χ1) is 12.3. The minimum atomic E-state index is -0.455. The molecular formula is C18H21N3O5. The van der Waals surface area contributed by atoms with Crippen LogP contribution in [-0.4, -0.2) is 38.6 Å². The number of hydrogen-bond acceptors (Lipinski definition) is 6. The smallest absolute Gasteiger partial charge is 0.292 e. The van der Waals surface area contributed by atoms with Crippen LogP contribution in [0.1, 0.15) is 5.56 Å². The second kappa shape index (κ2) is 8.19. The van der Waals surface area contributed by atoms with Gasteiger partial charge in [-0.2, -0.15) is 0 Å². The Morgan fingerprint density at radius 3 is 2.31 bits per heavy atom. The van der Waals surface area contributed by atoms with Gasteiger partial charge in [-0.15, -0.1) is 0 Å². The quantitative estimate of drug-likeness (QED) is 0.603. The van der Waals surface area contributed by atoms with Gasteiger partial charge >= 0.3 is 0 Å². The highest BCUT2D eigenvalue weighted by Crippen LogP contribution is 2.29. The number of anilines is 2. The highest BCUT2D eigenvalue weighted by molar-refractivity contribution is 5.94. The summed E-state index contributed by atoms with van der Waals surface area (Å²) in [5.74, 6) is 0.766. The number of carbonyl (C=O) groups excluding carboxylic acids is 1. The molecule has 0 atom stereocenters. The number of methoxy groups -OCH3 is 2. The molecule has 2 aromatic rings. The third kappa shape index (κ3) is 4.62. The van der Waals surface area contributed by atoms with E-state index in [-0.39, 0.29) is 18.1 Å². The number of nitrogens with zero attached hydrogens (tertiary/aromatic N) is 2. The van der Waals surface area contributed by atoms with Crippen LogP contribution in [0.15, 0.2) is 36.4 Å². The number of rotatable bonds is 7. The molecule has 0 radical (unpaired) electrons. The molecule has 0 saturated heterocycles. The van der Waals surface area contributed by atoms with Gasteiger partial charge in [-0.05, 0) is 18.6 Å². The number of nitro benzene ring substituents is 1. The van der Waals surface area contributed by atoms with E-state index in [0.717, 1.165) is 5.56 Å². The van der Waals surface area contributed by atoms with Gasteiger partial charge in [-0.1, -0.05) is 6.07 Å². The summed E-state index contributed by atoms with van der Waals surface area (Å²) in [5.41, 5.74) is 1.63. The number of benzene rings is 2. The Labute approximate surface area is 151 Å². The lowest BCUT2D eigenvalue weighted by atomic mass is 10.2. The molecule has 0 aliphatic rings. The van der Waals surface area contributed by atoms with Gasteiger partial charge in [0.15, 0.2) is 0 Å². The van der Waals surface area contributed by atoms with E-state index >= 15 is 0 Å². The van der Waals surface area contributed by atoms with E-state index in [9.17, 15) is 14.9 Å². The summed E-state index contributed by atoms with van der Waals surface area (Å²) in [4.78, 5) is 24.7. The van der Waals surface area contributed by atoms with E-state index in [4.69, 9.17) is 9.47 Å². The molecule has 0 heterocycles. The van der Waals surface area contributed by atoms with Crippen molar-refractivity contribution in [3.8, 4) is 11.5 Å². The first kappa shape index (κ1) is 19.0. The highest BCUT2D eigenvalue weighted by atomic mass is 16.6. The van der Waals surface area contributed by atoms with Crippen LogP contribution in [0, 0.1) is 17.0 Å². The number of nitro groups is 1. The lowest BCUT2D eigenvalue weighted by molar-refractivity contribution is -0.384. The molecule has 26 heavy (non-hydrogen) atoms. The molecule has 2 rings (SSSR count). The lowest BCUT2D eigenvalue weighted by Crippen LogP contribution is -2.30. The van der Waals surface area contributed by atoms with Crippen molar-refractivity contribution in [1.82, 2.24) is 0 Å². The summed E-state index contributed by atoms with van der Waals surface area (Å²) >= 11 is 0. The number of ether oxygens (including phenoxy) is 2. The van der Waals surface area contributed by atoms with Gasteiger partial charge in [-0.3, -0.25) is 14.9 Å². The third-order valence-electron chi connectivity index (χ3n) is 3.75. The van der Waals surface area contributed by atoms with Gasteiger partial charge < -0.3 is 19.7 Å². The summed E-state index contributed by atoms with van der Waals surface area (Å²) in [7, 11) is 4.67. The third-order valence-corrected chi connectivity index (χ3v) is 3.75. The fourth-order valence-corrected chi connectivity index (χ4v) is 2.48. The van der Waals surface area contributed by atoms with Gasteiger partial charge in [0.1, 0.15) is 17.2 Å². The number of nitrogens with one attached hydrogen (secondary N) is 1. The molecule has 0 spiro atoms. The van der Waals surface area contributed by atoms with Gasteiger partial charge in [-0.25, -0.2) is 0 Å². The standard InChI is InChI=1S/C18H21N3O5/c1-12-5-6-16(17(7-12)21(23)24)20(2)11-18(22)19-13-8-14(25-3)10-15(9-13)26-4/h5-10H,11H2,1-4H3,(H,19,22). The maximum atomic E-state index is 12.3. The van der Waals surface area contributed by atoms with Crippen molar-refractivity contribution in [3.63, 3.8) is 0 Å². The molecule has 2 aromatic carbocycles. The molecule has 8 heteroatoms. The SMILES string of the molecule is COc1cc(NC(=O)CN(C)c2ccc(C)cc2[N+](=O)[O-])cc(OC)c1. The van der Waals surface area contributed by atoms with Gasteiger partial charge in [0.2, 0.25) is 5.91 Å². The number of hydrogen-bond donors (Lipinski definition) is 1. The van der Waals surface area contributed by atoms with Crippen molar-refractivity contribution in [2.24, 2.45) is 0 Å². The monoisotopic (exact) mass is 359 g/mol. The summed E-state index contributed by atoms with van der Waals surface area (Å²) in [6.45, 7) is 1.73. The summed E-state index contributed by atoms with van der Waals surface area (Å²) < 4.78 is 10.3. The van der Waals surface area contributed by atoms with E-state index in [0.29, 0.717) is 22.9 Å². The van der Waals surface area contributed by atoms with Crippen molar-refractivity contribution in [1.29, 1.82) is 0 Å². The van der Waals surface area contributed by atoms with Crippen molar-refractivity contribution < 1.29 is 19.2 Å². The van der Waals surface area contributed by atoms with Crippen LogP contribution in [0.4, 0.5) is 17.1 Å². The molecule has 0 bridgehead atoms. The fraction of sp³-hybridized carbons (Fsp3) is 0.278. The Morgan fingerprint density at radius 1 is 1.15 bits per heavy atom. The van der Waals surface area contributed by atoms with Crippen LogP contribution < -0.4 is 19.7 Å². The first-order valence-corrected chi connectivity index (χ1v) is 7.83. The van der Waals surface area contributed by atoms with Crippen molar-refractivity contribution in [2.45, 2.75) is 6.92 Å². The van der Waals surface area contributed by atoms with Crippen molar-refractivity contribution >= 4 is 23.0 Å². The first-order valence-electron chi connectivity index (χ1n) is 7.83. The number of likely N-dealkylation sites (N-methyl/N-ethyl adjacent to an activating group) is 1. The summed E-state index contributed by atoms with van der Waals surface area (Å²) in [5, 5.41) is 14.0. The highest BCUT2D eigenvalue weighted by Gasteiger charge is 2.19. The van der Waals surface area contributed by atoms with E-state index in [1.807, 2.05) is 0 Å². The topological polar surface area (TPSA) is 93.9 Å². The molecule has 8 nitrogen and oxygen atoms in total. The predicted octanol–water partition coefficient (Wildman–Crippen LogP) is 3.00. The molecule has 0 aromatic heterocycles. The van der Waals surface area contributed by atoms with Gasteiger partial charge in [0.25, 0.3) is 5.69 Å². The number of carbonyl (C=O) groups is 1. The van der Waals surface area contributed by atoms with Crippen molar-refractivity contribution in [3.05, 3.63) is 52.1 Å². The fourth-order valence-electron chi connectivity index (χ4n) is 2.48. The Balaban J connectivity index is 2.14. The van der Waals surface area contributed by atoms with Gasteiger partial charge in [0, 0.05) is 37.0 Å². The minimum absolute atomic E-state index is 0.0386. The second-order valence-corrected chi connectivity index (χ2v) is 5.75. The lowest BCUT2D eigenvalue weighted by Gasteiger charge is -2.19.